The summed E-state index contributed by atoms with van der Waals surface area (Å²) in [7, 11) is 0. The van der Waals surface area contributed by atoms with Gasteiger partial charge in [-0.2, -0.15) is 0 Å². The van der Waals surface area contributed by atoms with Crippen molar-refractivity contribution in [1.29, 1.82) is 0 Å². The maximum absolute atomic E-state index is 11.0. The lowest BCUT2D eigenvalue weighted by atomic mass is 9.89. The van der Waals surface area contributed by atoms with E-state index < -0.39 is 11.4 Å². The maximum Gasteiger partial charge on any atom is 0.309 e. The van der Waals surface area contributed by atoms with Crippen LogP contribution in [0.15, 0.2) is 0 Å². The zero-order valence-electron chi connectivity index (χ0n) is 11.8. The van der Waals surface area contributed by atoms with Gasteiger partial charge < -0.3 is 10.4 Å². The molecule has 0 aromatic rings. The first-order chi connectivity index (χ1) is 7.64. The summed E-state index contributed by atoms with van der Waals surface area (Å²) in [5.41, 5.74) is -0.191. The van der Waals surface area contributed by atoms with Crippen molar-refractivity contribution in [3.63, 3.8) is 0 Å². The van der Waals surface area contributed by atoms with Gasteiger partial charge in [-0.3, -0.25) is 4.79 Å². The molecule has 0 amide bonds. The molecule has 0 spiro atoms. The van der Waals surface area contributed by atoms with Crippen LogP contribution in [0.4, 0.5) is 0 Å². The molecule has 0 bridgehead atoms. The second-order valence-corrected chi connectivity index (χ2v) is 7.05. The van der Waals surface area contributed by atoms with E-state index in [4.69, 9.17) is 5.11 Å². The molecule has 2 N–H and O–H groups in total. The SMILES string of the molecule is CC1CC(C)(C)CC1NCCC(C)(C)C(=O)O. The first-order valence-corrected chi connectivity index (χ1v) is 6.61. The Kier molecular flexibility index (Phi) is 4.23. The third-order valence-electron chi connectivity index (χ3n) is 4.07. The second-order valence-electron chi connectivity index (χ2n) is 7.05. The minimum absolute atomic E-state index is 0.430. The fourth-order valence-corrected chi connectivity index (χ4v) is 2.84. The number of nitrogens with one attached hydrogen (secondary N) is 1. The lowest BCUT2D eigenvalue weighted by Gasteiger charge is -2.23. The fourth-order valence-electron chi connectivity index (χ4n) is 2.84. The summed E-state index contributed by atoms with van der Waals surface area (Å²) < 4.78 is 0. The quantitative estimate of drug-likeness (QED) is 0.778. The molecule has 0 aromatic carbocycles. The van der Waals surface area contributed by atoms with Crippen molar-refractivity contribution in [2.24, 2.45) is 16.7 Å². The largest absolute Gasteiger partial charge is 0.481 e. The van der Waals surface area contributed by atoms with Crippen LogP contribution in [0.25, 0.3) is 0 Å². The van der Waals surface area contributed by atoms with Crippen LogP contribution >= 0.6 is 0 Å². The van der Waals surface area contributed by atoms with Crippen molar-refractivity contribution in [1.82, 2.24) is 5.32 Å². The molecule has 0 aliphatic heterocycles. The topological polar surface area (TPSA) is 49.3 Å². The Morgan fingerprint density at radius 2 is 2.00 bits per heavy atom. The third kappa shape index (κ3) is 3.98. The Morgan fingerprint density at radius 3 is 2.41 bits per heavy atom. The van der Waals surface area contributed by atoms with Crippen molar-refractivity contribution in [2.75, 3.05) is 6.54 Å². The van der Waals surface area contributed by atoms with E-state index in [0.717, 1.165) is 6.54 Å². The number of rotatable bonds is 5. The molecular formula is C14H27NO2. The highest BCUT2D eigenvalue weighted by molar-refractivity contribution is 5.73. The summed E-state index contributed by atoms with van der Waals surface area (Å²) >= 11 is 0. The van der Waals surface area contributed by atoms with Gasteiger partial charge in [-0.05, 0) is 51.0 Å². The number of carboxylic acid groups (broad SMARTS) is 1. The average Bonchev–Trinajstić information content (AvgIpc) is 2.39. The van der Waals surface area contributed by atoms with Gasteiger partial charge >= 0.3 is 5.97 Å². The number of carbonyl (C=O) groups is 1. The summed E-state index contributed by atoms with van der Waals surface area (Å²) in [5, 5.41) is 12.6. The Balaban J connectivity index is 2.35. The Labute approximate surface area is 105 Å². The van der Waals surface area contributed by atoms with Crippen molar-refractivity contribution in [2.45, 2.75) is 59.9 Å². The van der Waals surface area contributed by atoms with Crippen LogP contribution in [0.1, 0.15) is 53.9 Å². The van der Waals surface area contributed by atoms with Crippen LogP contribution in [-0.2, 0) is 4.79 Å². The van der Waals surface area contributed by atoms with Gasteiger partial charge in [-0.1, -0.05) is 20.8 Å². The van der Waals surface area contributed by atoms with E-state index >= 15 is 0 Å². The number of carboxylic acids is 1. The molecule has 1 aliphatic rings. The molecular weight excluding hydrogens is 214 g/mol. The van der Waals surface area contributed by atoms with Crippen molar-refractivity contribution < 1.29 is 9.90 Å². The molecule has 0 heterocycles. The number of aliphatic carboxylic acids is 1. The first kappa shape index (κ1) is 14.5. The van der Waals surface area contributed by atoms with E-state index in [0.29, 0.717) is 23.8 Å². The van der Waals surface area contributed by atoms with E-state index in [2.05, 4.69) is 26.1 Å². The zero-order valence-corrected chi connectivity index (χ0v) is 11.8. The van der Waals surface area contributed by atoms with Gasteiger partial charge in [0, 0.05) is 6.04 Å². The highest BCUT2D eigenvalue weighted by Crippen LogP contribution is 2.40. The van der Waals surface area contributed by atoms with Crippen molar-refractivity contribution in [3.05, 3.63) is 0 Å². The lowest BCUT2D eigenvalue weighted by molar-refractivity contribution is -0.147. The van der Waals surface area contributed by atoms with Gasteiger partial charge in [0.15, 0.2) is 0 Å². The molecule has 1 fully saturated rings. The van der Waals surface area contributed by atoms with E-state index in [9.17, 15) is 4.79 Å². The van der Waals surface area contributed by atoms with E-state index in [1.165, 1.54) is 12.8 Å². The normalized spacial score (nSPS) is 28.3. The molecule has 3 nitrogen and oxygen atoms in total. The molecule has 0 radical (unpaired) electrons. The zero-order chi connectivity index (χ0) is 13.3. The van der Waals surface area contributed by atoms with Crippen LogP contribution in [0.3, 0.4) is 0 Å². The second kappa shape index (κ2) is 4.97. The molecule has 0 aromatic heterocycles. The van der Waals surface area contributed by atoms with Crippen molar-refractivity contribution in [3.8, 4) is 0 Å². The van der Waals surface area contributed by atoms with E-state index in [1.807, 2.05) is 0 Å². The van der Waals surface area contributed by atoms with Crippen LogP contribution in [0, 0.1) is 16.7 Å². The van der Waals surface area contributed by atoms with Crippen LogP contribution in [0.5, 0.6) is 0 Å². The molecule has 17 heavy (non-hydrogen) atoms. The Bertz CT molecular complexity index is 284. The van der Waals surface area contributed by atoms with Gasteiger partial charge in [-0.25, -0.2) is 0 Å². The van der Waals surface area contributed by atoms with Gasteiger partial charge in [0.2, 0.25) is 0 Å². The van der Waals surface area contributed by atoms with Gasteiger partial charge in [0.05, 0.1) is 5.41 Å². The molecule has 2 unspecified atom stereocenters. The summed E-state index contributed by atoms with van der Waals surface area (Å²) in [6.45, 7) is 11.3. The number of hydrogen-bond acceptors (Lipinski definition) is 2. The molecule has 2 atom stereocenters. The number of hydrogen-bond donors (Lipinski definition) is 2. The molecule has 0 saturated heterocycles. The standard InChI is InChI=1S/C14H27NO2/c1-10-8-13(2,3)9-11(10)15-7-6-14(4,5)12(16)17/h10-11,15H,6-9H2,1-5H3,(H,16,17). The molecule has 3 heteroatoms. The van der Waals surface area contributed by atoms with Gasteiger partial charge in [0.1, 0.15) is 0 Å². The molecule has 1 aliphatic carbocycles. The average molecular weight is 241 g/mol. The van der Waals surface area contributed by atoms with Crippen molar-refractivity contribution >= 4 is 5.97 Å². The fraction of sp³-hybridized carbons (Fsp3) is 0.929. The maximum atomic E-state index is 11.0. The minimum atomic E-state index is -0.709. The molecule has 100 valence electrons. The minimum Gasteiger partial charge on any atom is -0.481 e. The van der Waals surface area contributed by atoms with Crippen LogP contribution in [0.2, 0.25) is 0 Å². The molecule has 1 rings (SSSR count). The predicted molar refractivity (Wildman–Crippen MR) is 70.0 cm³/mol. The van der Waals surface area contributed by atoms with Gasteiger partial charge in [0.25, 0.3) is 0 Å². The van der Waals surface area contributed by atoms with E-state index in [1.54, 1.807) is 13.8 Å². The lowest BCUT2D eigenvalue weighted by Crippen LogP contribution is -2.36. The summed E-state index contributed by atoms with van der Waals surface area (Å²) in [6, 6.07) is 0.551. The highest BCUT2D eigenvalue weighted by atomic mass is 16.4. The van der Waals surface area contributed by atoms with E-state index in [-0.39, 0.29) is 0 Å². The summed E-state index contributed by atoms with van der Waals surface area (Å²) in [5.74, 6) is -0.0166. The predicted octanol–water partition coefficient (Wildman–Crippen LogP) is 2.90. The Hall–Kier alpha value is -0.570. The van der Waals surface area contributed by atoms with Crippen LogP contribution < -0.4 is 5.32 Å². The summed E-state index contributed by atoms with van der Waals surface area (Å²) in [4.78, 5) is 11.0. The first-order valence-electron chi connectivity index (χ1n) is 6.61. The molecule has 1 saturated carbocycles. The highest BCUT2D eigenvalue weighted by Gasteiger charge is 2.36. The Morgan fingerprint density at radius 1 is 1.41 bits per heavy atom. The smallest absolute Gasteiger partial charge is 0.309 e. The van der Waals surface area contributed by atoms with Gasteiger partial charge in [-0.15, -0.1) is 0 Å². The van der Waals surface area contributed by atoms with Crippen LogP contribution in [-0.4, -0.2) is 23.7 Å². The summed E-state index contributed by atoms with van der Waals surface area (Å²) in [6.07, 6.45) is 3.14. The third-order valence-corrected chi connectivity index (χ3v) is 4.07. The monoisotopic (exact) mass is 241 g/mol.